The fourth-order valence-corrected chi connectivity index (χ4v) is 3.35. The summed E-state index contributed by atoms with van der Waals surface area (Å²) in [5, 5.41) is 3.31. The zero-order valence-electron chi connectivity index (χ0n) is 16.4. The van der Waals surface area contributed by atoms with Gasteiger partial charge < -0.3 is 9.72 Å². The second kappa shape index (κ2) is 8.79. The Hall–Kier alpha value is -3.35. The molecule has 0 aliphatic carbocycles. The molecule has 0 aliphatic rings. The van der Waals surface area contributed by atoms with Crippen LogP contribution >= 0.6 is 23.2 Å². The van der Waals surface area contributed by atoms with Gasteiger partial charge in [-0.2, -0.15) is 0 Å². The largest absolute Gasteiger partial charge is 0.438 e. The Bertz CT molecular complexity index is 1270. The predicted octanol–water partition coefficient (Wildman–Crippen LogP) is 6.41. The maximum absolute atomic E-state index is 12.7. The van der Waals surface area contributed by atoms with Crippen LogP contribution in [0.1, 0.15) is 34.8 Å². The molecule has 3 aromatic carbocycles. The molecule has 1 heterocycles. The molecule has 31 heavy (non-hydrogen) atoms. The van der Waals surface area contributed by atoms with E-state index in [2.05, 4.69) is 15.3 Å². The van der Waals surface area contributed by atoms with Crippen molar-refractivity contribution >= 4 is 51.8 Å². The van der Waals surface area contributed by atoms with Gasteiger partial charge in [0.05, 0.1) is 21.1 Å². The van der Waals surface area contributed by atoms with Crippen LogP contribution in [-0.4, -0.2) is 21.8 Å². The third kappa shape index (κ3) is 4.71. The molecule has 4 rings (SSSR count). The molecule has 6 nitrogen and oxygen atoms in total. The van der Waals surface area contributed by atoms with Gasteiger partial charge >= 0.3 is 6.09 Å². The Labute approximate surface area is 188 Å². The van der Waals surface area contributed by atoms with Crippen LogP contribution in [0.5, 0.6) is 0 Å². The SMILES string of the molecule is C[C@H](OC(=O)Nc1ccc(Cl)c(Cl)c1)c1nc2ccc(C(=O)c3ccccc3)cc2[nH]1. The van der Waals surface area contributed by atoms with Gasteiger partial charge in [0, 0.05) is 16.8 Å². The first-order valence-corrected chi connectivity index (χ1v) is 10.2. The fourth-order valence-electron chi connectivity index (χ4n) is 3.06. The number of anilines is 1. The summed E-state index contributed by atoms with van der Waals surface area (Å²) in [6, 6.07) is 19.0. The fraction of sp³-hybridized carbons (Fsp3) is 0.0870. The van der Waals surface area contributed by atoms with Gasteiger partial charge in [0.1, 0.15) is 5.82 Å². The minimum atomic E-state index is -0.661. The van der Waals surface area contributed by atoms with E-state index in [1.54, 1.807) is 49.4 Å². The molecule has 0 spiro atoms. The van der Waals surface area contributed by atoms with Crippen molar-refractivity contribution in [2.24, 2.45) is 0 Å². The number of ketones is 1. The van der Waals surface area contributed by atoms with Crippen LogP contribution in [0.3, 0.4) is 0 Å². The average Bonchev–Trinajstić information content (AvgIpc) is 3.20. The smallest absolute Gasteiger partial charge is 0.412 e. The Balaban J connectivity index is 1.48. The lowest BCUT2D eigenvalue weighted by Gasteiger charge is -2.12. The number of amides is 1. The number of hydrogen-bond donors (Lipinski definition) is 2. The van der Waals surface area contributed by atoms with Gasteiger partial charge in [-0.25, -0.2) is 9.78 Å². The maximum atomic E-state index is 12.7. The van der Waals surface area contributed by atoms with Gasteiger partial charge in [-0.1, -0.05) is 53.5 Å². The third-order valence-corrected chi connectivity index (χ3v) is 5.37. The predicted molar refractivity (Wildman–Crippen MR) is 121 cm³/mol. The first-order valence-electron chi connectivity index (χ1n) is 9.43. The van der Waals surface area contributed by atoms with E-state index in [-0.39, 0.29) is 5.78 Å². The summed E-state index contributed by atoms with van der Waals surface area (Å²) in [6.07, 6.45) is -1.31. The molecule has 1 amide bonds. The lowest BCUT2D eigenvalue weighted by atomic mass is 10.0. The highest BCUT2D eigenvalue weighted by Gasteiger charge is 2.17. The van der Waals surface area contributed by atoms with Crippen molar-refractivity contribution in [3.05, 3.63) is 93.7 Å². The lowest BCUT2D eigenvalue weighted by molar-refractivity contribution is 0.103. The highest BCUT2D eigenvalue weighted by Crippen LogP contribution is 2.26. The number of halogens is 2. The zero-order chi connectivity index (χ0) is 22.0. The number of benzene rings is 3. The quantitative estimate of drug-likeness (QED) is 0.341. The Kier molecular flexibility index (Phi) is 5.93. The van der Waals surface area contributed by atoms with Crippen LogP contribution in [0.15, 0.2) is 66.7 Å². The van der Waals surface area contributed by atoms with Crippen molar-refractivity contribution in [3.63, 3.8) is 0 Å². The molecule has 156 valence electrons. The average molecular weight is 454 g/mol. The van der Waals surface area contributed by atoms with Crippen LogP contribution in [0, 0.1) is 0 Å². The number of hydrogen-bond acceptors (Lipinski definition) is 4. The van der Waals surface area contributed by atoms with E-state index >= 15 is 0 Å². The summed E-state index contributed by atoms with van der Waals surface area (Å²) in [5.74, 6) is 0.382. The third-order valence-electron chi connectivity index (χ3n) is 4.63. The van der Waals surface area contributed by atoms with Gasteiger partial charge in [-0.05, 0) is 43.3 Å². The van der Waals surface area contributed by atoms with Gasteiger partial charge in [0.15, 0.2) is 11.9 Å². The summed E-state index contributed by atoms with van der Waals surface area (Å²) < 4.78 is 5.40. The minimum absolute atomic E-state index is 0.0797. The van der Waals surface area contributed by atoms with E-state index in [4.69, 9.17) is 27.9 Å². The number of rotatable bonds is 5. The Morgan fingerprint density at radius 3 is 2.48 bits per heavy atom. The zero-order valence-corrected chi connectivity index (χ0v) is 17.9. The number of nitrogens with one attached hydrogen (secondary N) is 2. The van der Waals surface area contributed by atoms with Crippen molar-refractivity contribution in [2.75, 3.05) is 5.32 Å². The maximum Gasteiger partial charge on any atom is 0.412 e. The van der Waals surface area contributed by atoms with E-state index in [0.717, 1.165) is 0 Å². The first-order chi connectivity index (χ1) is 14.9. The molecule has 1 atom stereocenters. The number of carbonyl (C=O) groups excluding carboxylic acids is 2. The molecule has 0 radical (unpaired) electrons. The summed E-state index contributed by atoms with van der Waals surface area (Å²) in [6.45, 7) is 1.70. The topological polar surface area (TPSA) is 84.1 Å². The molecule has 0 unspecified atom stereocenters. The molecule has 0 saturated carbocycles. The molecule has 0 aliphatic heterocycles. The van der Waals surface area contributed by atoms with Gasteiger partial charge in [0.25, 0.3) is 0 Å². The molecule has 2 N–H and O–H groups in total. The van der Waals surface area contributed by atoms with Gasteiger partial charge in [0.2, 0.25) is 0 Å². The standard InChI is InChI=1S/C23H17Cl2N3O3/c1-13(31-23(30)26-16-8-9-17(24)18(25)12-16)22-27-19-10-7-15(11-20(19)28-22)21(29)14-5-3-2-4-6-14/h2-13H,1H3,(H,26,30)(H,27,28)/t13-/m0/s1. The number of aromatic amines is 1. The number of aromatic nitrogens is 2. The number of H-pyrrole nitrogens is 1. The highest BCUT2D eigenvalue weighted by atomic mass is 35.5. The first kappa shape index (κ1) is 20.9. The molecule has 0 saturated heterocycles. The van der Waals surface area contributed by atoms with Crippen LogP contribution < -0.4 is 5.32 Å². The van der Waals surface area contributed by atoms with Crippen molar-refractivity contribution in [3.8, 4) is 0 Å². The molecular formula is C23H17Cl2N3O3. The number of fused-ring (bicyclic) bond motifs is 1. The lowest BCUT2D eigenvalue weighted by Crippen LogP contribution is -2.16. The highest BCUT2D eigenvalue weighted by molar-refractivity contribution is 6.42. The summed E-state index contributed by atoms with van der Waals surface area (Å²) >= 11 is 11.8. The number of nitrogens with zero attached hydrogens (tertiary/aromatic N) is 1. The van der Waals surface area contributed by atoms with E-state index in [1.165, 1.54) is 6.07 Å². The summed E-state index contributed by atoms with van der Waals surface area (Å²) in [7, 11) is 0. The number of carbonyl (C=O) groups is 2. The van der Waals surface area contributed by atoms with Crippen molar-refractivity contribution < 1.29 is 14.3 Å². The number of ether oxygens (including phenoxy) is 1. The Morgan fingerprint density at radius 1 is 0.968 bits per heavy atom. The molecule has 8 heteroatoms. The molecule has 0 fully saturated rings. The van der Waals surface area contributed by atoms with Gasteiger partial charge in [-0.15, -0.1) is 0 Å². The van der Waals surface area contributed by atoms with Crippen LogP contribution in [-0.2, 0) is 4.74 Å². The van der Waals surface area contributed by atoms with Crippen molar-refractivity contribution in [2.45, 2.75) is 13.0 Å². The molecular weight excluding hydrogens is 437 g/mol. The Morgan fingerprint density at radius 2 is 1.74 bits per heavy atom. The molecule has 4 aromatic rings. The summed E-state index contributed by atoms with van der Waals surface area (Å²) in [5.41, 5.74) is 2.95. The van der Waals surface area contributed by atoms with E-state index < -0.39 is 12.2 Å². The van der Waals surface area contributed by atoms with Crippen molar-refractivity contribution in [1.29, 1.82) is 0 Å². The monoisotopic (exact) mass is 453 g/mol. The normalized spacial score (nSPS) is 11.8. The second-order valence-electron chi connectivity index (χ2n) is 6.85. The molecule has 0 bridgehead atoms. The van der Waals surface area contributed by atoms with E-state index in [0.29, 0.717) is 43.7 Å². The molecule has 1 aromatic heterocycles. The number of imidazole rings is 1. The van der Waals surface area contributed by atoms with Crippen LogP contribution in [0.25, 0.3) is 11.0 Å². The van der Waals surface area contributed by atoms with Gasteiger partial charge in [-0.3, -0.25) is 10.1 Å². The van der Waals surface area contributed by atoms with E-state index in [1.807, 2.05) is 18.2 Å². The van der Waals surface area contributed by atoms with Crippen LogP contribution in [0.4, 0.5) is 10.5 Å². The second-order valence-corrected chi connectivity index (χ2v) is 7.66. The summed E-state index contributed by atoms with van der Waals surface area (Å²) in [4.78, 5) is 32.5. The van der Waals surface area contributed by atoms with E-state index in [9.17, 15) is 9.59 Å². The van der Waals surface area contributed by atoms with Crippen molar-refractivity contribution in [1.82, 2.24) is 9.97 Å². The van der Waals surface area contributed by atoms with Crippen LogP contribution in [0.2, 0.25) is 10.0 Å². The minimum Gasteiger partial charge on any atom is -0.438 e.